The molecule has 0 radical (unpaired) electrons. The number of thiazole rings is 1. The summed E-state index contributed by atoms with van der Waals surface area (Å²) in [4.78, 5) is 4.57. The standard InChI is InChI=1S/C21H23N3OS/c1-3-4-12-25-20-11-10-16(2)13-18(20)14-22-24-21-23-19(15-26-21)17-8-6-5-7-9-17/h5-11,13-15H,3-4,12H2,1-2H3,(H,23,24). The van der Waals surface area contributed by atoms with Gasteiger partial charge in [0.25, 0.3) is 0 Å². The van der Waals surface area contributed by atoms with E-state index in [-0.39, 0.29) is 0 Å². The van der Waals surface area contributed by atoms with E-state index in [2.05, 4.69) is 53.6 Å². The summed E-state index contributed by atoms with van der Waals surface area (Å²) in [7, 11) is 0. The van der Waals surface area contributed by atoms with E-state index in [0.717, 1.165) is 47.2 Å². The molecule has 0 aliphatic heterocycles. The Balaban J connectivity index is 1.67. The summed E-state index contributed by atoms with van der Waals surface area (Å²) >= 11 is 1.54. The van der Waals surface area contributed by atoms with Gasteiger partial charge in [0.2, 0.25) is 5.13 Å². The van der Waals surface area contributed by atoms with Gasteiger partial charge in [-0.3, -0.25) is 5.43 Å². The quantitative estimate of drug-likeness (QED) is 0.314. The molecule has 4 nitrogen and oxygen atoms in total. The molecule has 0 aliphatic carbocycles. The average Bonchev–Trinajstić information content (AvgIpc) is 3.13. The second kappa shape index (κ2) is 9.15. The van der Waals surface area contributed by atoms with Crippen LogP contribution >= 0.6 is 11.3 Å². The minimum atomic E-state index is 0.723. The predicted octanol–water partition coefficient (Wildman–Crippen LogP) is 5.74. The molecular weight excluding hydrogens is 342 g/mol. The van der Waals surface area contributed by atoms with E-state index in [1.165, 1.54) is 16.9 Å². The van der Waals surface area contributed by atoms with Crippen LogP contribution in [-0.2, 0) is 0 Å². The summed E-state index contributed by atoms with van der Waals surface area (Å²) in [6.45, 7) is 4.94. The fourth-order valence-corrected chi connectivity index (χ4v) is 3.12. The minimum Gasteiger partial charge on any atom is -0.493 e. The Kier molecular flexibility index (Phi) is 6.39. The minimum absolute atomic E-state index is 0.723. The summed E-state index contributed by atoms with van der Waals surface area (Å²) < 4.78 is 5.87. The highest BCUT2D eigenvalue weighted by atomic mass is 32.1. The van der Waals surface area contributed by atoms with Crippen LogP contribution in [0.2, 0.25) is 0 Å². The number of aryl methyl sites for hydroxylation is 1. The Morgan fingerprint density at radius 3 is 2.85 bits per heavy atom. The predicted molar refractivity (Wildman–Crippen MR) is 110 cm³/mol. The topological polar surface area (TPSA) is 46.5 Å². The molecule has 3 rings (SSSR count). The molecule has 0 saturated heterocycles. The van der Waals surface area contributed by atoms with E-state index < -0.39 is 0 Å². The van der Waals surface area contributed by atoms with Gasteiger partial charge in [-0.2, -0.15) is 5.10 Å². The van der Waals surface area contributed by atoms with E-state index in [4.69, 9.17) is 4.74 Å². The largest absolute Gasteiger partial charge is 0.493 e. The fraction of sp³-hybridized carbons (Fsp3) is 0.238. The number of nitrogens with one attached hydrogen (secondary N) is 1. The summed E-state index contributed by atoms with van der Waals surface area (Å²) in [6.07, 6.45) is 3.95. The molecule has 0 amide bonds. The molecule has 2 aromatic carbocycles. The zero-order chi connectivity index (χ0) is 18.2. The van der Waals surface area contributed by atoms with Crippen LogP contribution in [0.3, 0.4) is 0 Å². The number of hydrazone groups is 1. The first-order valence-corrected chi connectivity index (χ1v) is 9.67. The Bertz CT molecular complexity index is 859. The van der Waals surface area contributed by atoms with Crippen molar-refractivity contribution in [1.82, 2.24) is 4.98 Å². The van der Waals surface area contributed by atoms with Crippen molar-refractivity contribution in [2.24, 2.45) is 5.10 Å². The molecule has 0 fully saturated rings. The van der Waals surface area contributed by atoms with Gasteiger partial charge in [-0.15, -0.1) is 11.3 Å². The van der Waals surface area contributed by atoms with Crippen molar-refractivity contribution >= 4 is 22.7 Å². The lowest BCUT2D eigenvalue weighted by molar-refractivity contribution is 0.309. The first kappa shape index (κ1) is 18.1. The smallest absolute Gasteiger partial charge is 0.203 e. The highest BCUT2D eigenvalue weighted by molar-refractivity contribution is 7.14. The van der Waals surface area contributed by atoms with Crippen LogP contribution < -0.4 is 10.2 Å². The molecule has 0 aliphatic rings. The number of rotatable bonds is 8. The molecule has 0 saturated carbocycles. The van der Waals surface area contributed by atoms with Crippen molar-refractivity contribution < 1.29 is 4.74 Å². The Morgan fingerprint density at radius 2 is 2.04 bits per heavy atom. The van der Waals surface area contributed by atoms with E-state index in [1.807, 2.05) is 29.6 Å². The van der Waals surface area contributed by atoms with Crippen LogP contribution in [0, 0.1) is 6.92 Å². The fourth-order valence-electron chi connectivity index (χ4n) is 2.45. The Morgan fingerprint density at radius 1 is 1.19 bits per heavy atom. The van der Waals surface area contributed by atoms with Crippen molar-refractivity contribution in [1.29, 1.82) is 0 Å². The van der Waals surface area contributed by atoms with Crippen LogP contribution in [0.4, 0.5) is 5.13 Å². The maximum absolute atomic E-state index is 5.87. The van der Waals surface area contributed by atoms with Crippen molar-refractivity contribution in [3.05, 3.63) is 65.0 Å². The SMILES string of the molecule is CCCCOc1ccc(C)cc1C=NNc1nc(-c2ccccc2)cs1. The lowest BCUT2D eigenvalue weighted by Crippen LogP contribution is -2.00. The number of ether oxygens (including phenoxy) is 1. The average molecular weight is 366 g/mol. The van der Waals surface area contributed by atoms with E-state index in [0.29, 0.717) is 0 Å². The molecule has 0 unspecified atom stereocenters. The third kappa shape index (κ3) is 4.92. The number of hydrogen-bond donors (Lipinski definition) is 1. The Hall–Kier alpha value is -2.66. The monoisotopic (exact) mass is 365 g/mol. The lowest BCUT2D eigenvalue weighted by Gasteiger charge is -2.09. The number of unbranched alkanes of at least 4 members (excludes halogenated alkanes) is 1. The molecule has 0 bridgehead atoms. The van der Waals surface area contributed by atoms with E-state index in [9.17, 15) is 0 Å². The van der Waals surface area contributed by atoms with Gasteiger partial charge < -0.3 is 4.74 Å². The number of hydrogen-bond acceptors (Lipinski definition) is 5. The second-order valence-corrected chi connectivity index (χ2v) is 6.88. The molecule has 1 heterocycles. The van der Waals surface area contributed by atoms with E-state index >= 15 is 0 Å². The van der Waals surface area contributed by atoms with Gasteiger partial charge in [-0.05, 0) is 25.5 Å². The highest BCUT2D eigenvalue weighted by Crippen LogP contribution is 2.24. The van der Waals surface area contributed by atoms with Gasteiger partial charge in [0.1, 0.15) is 5.75 Å². The van der Waals surface area contributed by atoms with Crippen molar-refractivity contribution in [2.45, 2.75) is 26.7 Å². The molecule has 26 heavy (non-hydrogen) atoms. The maximum Gasteiger partial charge on any atom is 0.203 e. The van der Waals surface area contributed by atoms with Gasteiger partial charge in [0.05, 0.1) is 18.5 Å². The third-order valence-corrected chi connectivity index (χ3v) is 4.61. The van der Waals surface area contributed by atoms with Gasteiger partial charge in [0, 0.05) is 16.5 Å². The van der Waals surface area contributed by atoms with Gasteiger partial charge in [-0.25, -0.2) is 4.98 Å². The first-order chi connectivity index (χ1) is 12.8. The summed E-state index contributed by atoms with van der Waals surface area (Å²) in [6, 6.07) is 16.3. The zero-order valence-corrected chi connectivity index (χ0v) is 15.9. The molecule has 3 aromatic rings. The van der Waals surface area contributed by atoms with Crippen LogP contribution in [-0.4, -0.2) is 17.8 Å². The van der Waals surface area contributed by atoms with Crippen molar-refractivity contribution in [3.63, 3.8) is 0 Å². The van der Waals surface area contributed by atoms with Crippen LogP contribution in [0.1, 0.15) is 30.9 Å². The molecule has 1 aromatic heterocycles. The van der Waals surface area contributed by atoms with Crippen molar-refractivity contribution in [2.75, 3.05) is 12.0 Å². The van der Waals surface area contributed by atoms with Crippen molar-refractivity contribution in [3.8, 4) is 17.0 Å². The number of anilines is 1. The number of nitrogens with zero attached hydrogens (tertiary/aromatic N) is 2. The summed E-state index contributed by atoms with van der Waals surface area (Å²) in [5.41, 5.74) is 7.21. The molecule has 0 atom stereocenters. The third-order valence-electron chi connectivity index (χ3n) is 3.86. The molecule has 0 spiro atoms. The zero-order valence-electron chi connectivity index (χ0n) is 15.1. The van der Waals surface area contributed by atoms with Crippen LogP contribution in [0.25, 0.3) is 11.3 Å². The van der Waals surface area contributed by atoms with Gasteiger partial charge in [-0.1, -0.05) is 55.3 Å². The molecular formula is C21H23N3OS. The summed E-state index contributed by atoms with van der Waals surface area (Å²) in [5.74, 6) is 0.860. The highest BCUT2D eigenvalue weighted by Gasteiger charge is 2.04. The second-order valence-electron chi connectivity index (χ2n) is 6.02. The van der Waals surface area contributed by atoms with Gasteiger partial charge >= 0.3 is 0 Å². The molecule has 134 valence electrons. The normalized spacial score (nSPS) is 11.0. The van der Waals surface area contributed by atoms with Crippen LogP contribution in [0.15, 0.2) is 59.0 Å². The molecule has 1 N–H and O–H groups in total. The first-order valence-electron chi connectivity index (χ1n) is 8.79. The summed E-state index contributed by atoms with van der Waals surface area (Å²) in [5, 5.41) is 7.13. The van der Waals surface area contributed by atoms with Gasteiger partial charge in [0.15, 0.2) is 0 Å². The van der Waals surface area contributed by atoms with Crippen LogP contribution in [0.5, 0.6) is 5.75 Å². The maximum atomic E-state index is 5.87. The molecule has 5 heteroatoms. The lowest BCUT2D eigenvalue weighted by atomic mass is 10.1. The van der Waals surface area contributed by atoms with E-state index in [1.54, 1.807) is 6.21 Å². The number of benzene rings is 2. The number of aromatic nitrogens is 1. The Labute approximate surface area is 158 Å².